The van der Waals surface area contributed by atoms with Gasteiger partial charge >= 0.3 is 0 Å². The summed E-state index contributed by atoms with van der Waals surface area (Å²) < 4.78 is 13.0. The summed E-state index contributed by atoms with van der Waals surface area (Å²) in [6, 6.07) is 53.4. The Labute approximate surface area is 335 Å². The second kappa shape index (κ2) is 13.1. The first-order valence-electron chi connectivity index (χ1n) is 20.0. The van der Waals surface area contributed by atoms with E-state index in [1.807, 2.05) is 30.3 Å². The molecule has 5 nitrogen and oxygen atoms in total. The van der Waals surface area contributed by atoms with Crippen molar-refractivity contribution in [2.24, 2.45) is 0 Å². The molecule has 12 rings (SSSR count). The first-order valence-corrected chi connectivity index (χ1v) is 20.0. The molecule has 3 aliphatic rings. The fraction of sp³-hybridized carbons (Fsp3) is 0.0755. The molecular weight excluding hydrogens is 711 g/mol. The number of aromatic nitrogens is 3. The summed E-state index contributed by atoms with van der Waals surface area (Å²) in [5.74, 6) is 3.86. The standard InChI is InChI=1S/C53H35N3O2/c1-2-13-33(14-3-1)51-54-52(56-53(55-51)43-20-11-23-48-50(43)42-18-8-9-21-45(42)57-48)41-28-27-39(37-16-6-7-17-38(37)41)40-19-10-22-47-49(40)44-31-36(26-29-46(44)58-47)35-25-24-32-12-4-5-15-34(32)30-35/h1-9,11-21,23-31,48,50H,10,22H2. The highest BCUT2D eigenvalue weighted by Gasteiger charge is 2.38. The van der Waals surface area contributed by atoms with Gasteiger partial charge in [0.2, 0.25) is 0 Å². The monoisotopic (exact) mass is 745 g/mol. The summed E-state index contributed by atoms with van der Waals surface area (Å²) in [4.78, 5) is 15.6. The lowest BCUT2D eigenvalue weighted by Gasteiger charge is -2.22. The molecule has 0 amide bonds. The SMILES string of the molecule is C1=CC2Oc3ccccc3C2C(c2nc(-c3ccccc3)nc(-c3ccc(C4=CCCc5oc6ccc(-c7ccc8ccccc8c7)cc6c54)c4ccccc34)n2)=C1. The Balaban J connectivity index is 1.00. The predicted molar refractivity (Wildman–Crippen MR) is 233 cm³/mol. The van der Waals surface area contributed by atoms with Crippen molar-refractivity contribution >= 4 is 43.7 Å². The van der Waals surface area contributed by atoms with E-state index in [1.165, 1.54) is 38.6 Å². The van der Waals surface area contributed by atoms with Crippen LogP contribution in [0.25, 0.3) is 77.6 Å². The molecule has 58 heavy (non-hydrogen) atoms. The zero-order valence-corrected chi connectivity index (χ0v) is 31.5. The summed E-state index contributed by atoms with van der Waals surface area (Å²) in [5.41, 5.74) is 10.9. The molecule has 9 aromatic rings. The number of hydrogen-bond acceptors (Lipinski definition) is 5. The number of benzene rings is 7. The Hall–Kier alpha value is -7.37. The number of ether oxygens (including phenoxy) is 1. The molecule has 1 aliphatic heterocycles. The van der Waals surface area contributed by atoms with Crippen LogP contribution in [-0.4, -0.2) is 21.1 Å². The molecule has 7 aromatic carbocycles. The Bertz CT molecular complexity index is 3230. The van der Waals surface area contributed by atoms with Gasteiger partial charge in [0.25, 0.3) is 0 Å². The number of para-hydroxylation sites is 1. The second-order valence-corrected chi connectivity index (χ2v) is 15.3. The van der Waals surface area contributed by atoms with Crippen molar-refractivity contribution in [1.29, 1.82) is 0 Å². The Morgan fingerprint density at radius 3 is 2.19 bits per heavy atom. The van der Waals surface area contributed by atoms with E-state index in [0.29, 0.717) is 17.5 Å². The molecule has 0 radical (unpaired) electrons. The predicted octanol–water partition coefficient (Wildman–Crippen LogP) is 12.8. The summed E-state index contributed by atoms with van der Waals surface area (Å²) in [6.45, 7) is 0. The van der Waals surface area contributed by atoms with Crippen LogP contribution in [0.5, 0.6) is 5.75 Å². The lowest BCUT2D eigenvalue weighted by molar-refractivity contribution is 0.271. The number of rotatable bonds is 5. The van der Waals surface area contributed by atoms with E-state index in [4.69, 9.17) is 24.1 Å². The molecule has 274 valence electrons. The van der Waals surface area contributed by atoms with Crippen molar-refractivity contribution in [3.05, 3.63) is 204 Å². The van der Waals surface area contributed by atoms with Crippen LogP contribution in [0.4, 0.5) is 0 Å². The number of furan rings is 1. The maximum atomic E-state index is 6.60. The van der Waals surface area contributed by atoms with Crippen molar-refractivity contribution in [3.63, 3.8) is 0 Å². The fourth-order valence-electron chi connectivity index (χ4n) is 9.25. The van der Waals surface area contributed by atoms with Gasteiger partial charge in [0.1, 0.15) is 23.2 Å². The molecule has 2 unspecified atom stereocenters. The van der Waals surface area contributed by atoms with E-state index < -0.39 is 0 Å². The first-order chi connectivity index (χ1) is 28.7. The maximum Gasteiger partial charge on any atom is 0.164 e. The minimum atomic E-state index is -0.116. The molecular formula is C53H35N3O2. The topological polar surface area (TPSA) is 61.0 Å². The minimum absolute atomic E-state index is 0.0156. The average Bonchev–Trinajstić information content (AvgIpc) is 3.87. The van der Waals surface area contributed by atoms with Crippen molar-refractivity contribution in [2.75, 3.05) is 0 Å². The van der Waals surface area contributed by atoms with Crippen molar-refractivity contribution in [3.8, 4) is 39.7 Å². The van der Waals surface area contributed by atoms with E-state index >= 15 is 0 Å². The van der Waals surface area contributed by atoms with Crippen LogP contribution in [0.3, 0.4) is 0 Å². The third kappa shape index (κ3) is 5.27. The van der Waals surface area contributed by atoms with Crippen LogP contribution in [0.15, 0.2) is 180 Å². The van der Waals surface area contributed by atoms with Crippen LogP contribution >= 0.6 is 0 Å². The van der Waals surface area contributed by atoms with Crippen LogP contribution in [0, 0.1) is 0 Å². The number of aryl methyl sites for hydroxylation is 1. The van der Waals surface area contributed by atoms with Crippen LogP contribution in [0.2, 0.25) is 0 Å². The molecule has 2 aliphatic carbocycles. The van der Waals surface area contributed by atoms with Gasteiger partial charge in [-0.25, -0.2) is 15.0 Å². The summed E-state index contributed by atoms with van der Waals surface area (Å²) in [6.07, 6.45) is 10.4. The van der Waals surface area contributed by atoms with E-state index in [1.54, 1.807) is 0 Å². The molecule has 0 spiro atoms. The second-order valence-electron chi connectivity index (χ2n) is 15.3. The molecule has 0 fully saturated rings. The van der Waals surface area contributed by atoms with Gasteiger partial charge in [-0.05, 0) is 86.6 Å². The van der Waals surface area contributed by atoms with E-state index in [-0.39, 0.29) is 12.0 Å². The molecule has 0 N–H and O–H groups in total. The molecule has 0 saturated heterocycles. The van der Waals surface area contributed by atoms with Gasteiger partial charge in [0, 0.05) is 39.6 Å². The van der Waals surface area contributed by atoms with Crippen LogP contribution in [0.1, 0.15) is 40.6 Å². The fourth-order valence-corrected chi connectivity index (χ4v) is 9.25. The average molecular weight is 746 g/mol. The van der Waals surface area contributed by atoms with E-state index in [9.17, 15) is 0 Å². The zero-order chi connectivity index (χ0) is 38.2. The molecule has 5 heteroatoms. The van der Waals surface area contributed by atoms with Gasteiger partial charge in [-0.3, -0.25) is 0 Å². The smallest absolute Gasteiger partial charge is 0.164 e. The lowest BCUT2D eigenvalue weighted by Crippen LogP contribution is -2.20. The number of fused-ring (bicyclic) bond motifs is 8. The van der Waals surface area contributed by atoms with Gasteiger partial charge in [-0.15, -0.1) is 0 Å². The zero-order valence-electron chi connectivity index (χ0n) is 31.5. The number of allylic oxidation sites excluding steroid dienone is 3. The maximum absolute atomic E-state index is 6.60. The Morgan fingerprint density at radius 1 is 0.552 bits per heavy atom. The van der Waals surface area contributed by atoms with Gasteiger partial charge < -0.3 is 9.15 Å². The molecule has 2 aromatic heterocycles. The third-order valence-corrected chi connectivity index (χ3v) is 12.0. The van der Waals surface area contributed by atoms with Gasteiger partial charge in [0.05, 0.1) is 5.92 Å². The van der Waals surface area contributed by atoms with Gasteiger partial charge in [-0.1, -0.05) is 140 Å². The highest BCUT2D eigenvalue weighted by Crippen LogP contribution is 2.48. The highest BCUT2D eigenvalue weighted by molar-refractivity contribution is 6.08. The van der Waals surface area contributed by atoms with Crippen molar-refractivity contribution < 1.29 is 9.15 Å². The van der Waals surface area contributed by atoms with Crippen LogP contribution < -0.4 is 4.74 Å². The quantitative estimate of drug-likeness (QED) is 0.176. The Kier molecular flexibility index (Phi) is 7.42. The Morgan fingerprint density at radius 2 is 1.28 bits per heavy atom. The minimum Gasteiger partial charge on any atom is -0.485 e. The summed E-state index contributed by atoms with van der Waals surface area (Å²) in [7, 11) is 0. The largest absolute Gasteiger partial charge is 0.485 e. The van der Waals surface area contributed by atoms with E-state index in [2.05, 4.69) is 146 Å². The molecule has 3 heterocycles. The highest BCUT2D eigenvalue weighted by atomic mass is 16.5. The summed E-state index contributed by atoms with van der Waals surface area (Å²) >= 11 is 0. The van der Waals surface area contributed by atoms with Crippen molar-refractivity contribution in [2.45, 2.75) is 24.9 Å². The number of hydrogen-bond donors (Lipinski definition) is 0. The van der Waals surface area contributed by atoms with E-state index in [0.717, 1.165) is 68.4 Å². The first kappa shape index (κ1) is 32.8. The lowest BCUT2D eigenvalue weighted by atomic mass is 9.84. The van der Waals surface area contributed by atoms with Crippen molar-refractivity contribution in [1.82, 2.24) is 15.0 Å². The molecule has 0 saturated carbocycles. The third-order valence-electron chi connectivity index (χ3n) is 12.0. The van der Waals surface area contributed by atoms with Gasteiger partial charge in [0.15, 0.2) is 17.5 Å². The molecule has 2 atom stereocenters. The summed E-state index contributed by atoms with van der Waals surface area (Å²) in [5, 5.41) is 5.83. The number of nitrogens with zero attached hydrogens (tertiary/aromatic N) is 3. The normalized spacial score (nSPS) is 16.8. The molecule has 0 bridgehead atoms. The van der Waals surface area contributed by atoms with Crippen LogP contribution in [-0.2, 0) is 6.42 Å². The van der Waals surface area contributed by atoms with Gasteiger partial charge in [-0.2, -0.15) is 0 Å².